The maximum Gasteiger partial charge on any atom is 0.410 e. The summed E-state index contributed by atoms with van der Waals surface area (Å²) in [4.78, 5) is 16.2. The summed E-state index contributed by atoms with van der Waals surface area (Å²) in [5, 5.41) is 13.5. The van der Waals surface area contributed by atoms with Gasteiger partial charge in [-0.25, -0.2) is 4.79 Å². The third-order valence-electron chi connectivity index (χ3n) is 3.44. The molecular weight excluding hydrogens is 272 g/mol. The van der Waals surface area contributed by atoms with Gasteiger partial charge in [0.05, 0.1) is 18.7 Å². The number of carbonyl (C=O) groups is 1. The van der Waals surface area contributed by atoms with Gasteiger partial charge in [0.15, 0.2) is 0 Å². The van der Waals surface area contributed by atoms with E-state index in [1.54, 1.807) is 0 Å². The number of β-amino-alcohol motifs (C(OH)–C–C–N with tert-alkyl or cyclic N) is 1. The number of aliphatic hydroxyl groups excluding tert-OH is 1. The first kappa shape index (κ1) is 15.2. The molecule has 0 aliphatic carbocycles. The van der Waals surface area contributed by atoms with E-state index in [2.05, 4.69) is 10.0 Å². The number of amides is 1. The van der Waals surface area contributed by atoms with Crippen LogP contribution in [0.15, 0.2) is 35.4 Å². The molecule has 1 saturated heterocycles. The third-order valence-corrected chi connectivity index (χ3v) is 3.44. The van der Waals surface area contributed by atoms with E-state index < -0.39 is 18.2 Å². The van der Waals surface area contributed by atoms with Crippen LogP contribution < -0.4 is 0 Å². The molecule has 1 heterocycles. The van der Waals surface area contributed by atoms with E-state index >= 15 is 0 Å². The monoisotopic (exact) mass is 290 g/mol. The molecule has 7 nitrogen and oxygen atoms in total. The number of aliphatic hydroxyl groups is 1. The molecule has 1 aliphatic rings. The summed E-state index contributed by atoms with van der Waals surface area (Å²) in [5.74, 6) is 0. The minimum atomic E-state index is -0.854. The van der Waals surface area contributed by atoms with Crippen molar-refractivity contribution in [3.05, 3.63) is 46.3 Å². The molecule has 1 N–H and O–H groups in total. The van der Waals surface area contributed by atoms with E-state index in [-0.39, 0.29) is 13.2 Å². The molecule has 1 aromatic carbocycles. The number of azide groups is 1. The third kappa shape index (κ3) is 4.37. The highest BCUT2D eigenvalue weighted by molar-refractivity contribution is 5.67. The number of hydrogen-bond donors (Lipinski definition) is 1. The zero-order chi connectivity index (χ0) is 15.1. The van der Waals surface area contributed by atoms with Crippen LogP contribution in [0, 0.1) is 0 Å². The first-order valence-electron chi connectivity index (χ1n) is 6.88. The van der Waals surface area contributed by atoms with Crippen LogP contribution in [0.25, 0.3) is 10.4 Å². The van der Waals surface area contributed by atoms with Crippen LogP contribution in [-0.4, -0.2) is 41.3 Å². The Bertz CT molecular complexity index is 516. The minimum Gasteiger partial charge on any atom is -0.445 e. The smallest absolute Gasteiger partial charge is 0.410 e. The van der Waals surface area contributed by atoms with Crippen molar-refractivity contribution in [2.45, 2.75) is 31.6 Å². The Morgan fingerprint density at radius 2 is 2.24 bits per heavy atom. The molecule has 1 fully saturated rings. The Kier molecular flexibility index (Phi) is 5.43. The van der Waals surface area contributed by atoms with E-state index in [1.807, 2.05) is 30.3 Å². The van der Waals surface area contributed by atoms with Gasteiger partial charge >= 0.3 is 6.09 Å². The zero-order valence-corrected chi connectivity index (χ0v) is 11.6. The van der Waals surface area contributed by atoms with Gasteiger partial charge < -0.3 is 14.7 Å². The topological polar surface area (TPSA) is 98.5 Å². The fraction of sp³-hybridized carbons (Fsp3) is 0.500. The lowest BCUT2D eigenvalue weighted by molar-refractivity contribution is 0.0702. The van der Waals surface area contributed by atoms with Crippen molar-refractivity contribution in [2.75, 3.05) is 13.1 Å². The largest absolute Gasteiger partial charge is 0.445 e. The molecule has 1 amide bonds. The van der Waals surface area contributed by atoms with Crippen molar-refractivity contribution in [3.8, 4) is 0 Å². The lowest BCUT2D eigenvalue weighted by Crippen LogP contribution is -2.39. The molecule has 0 unspecified atom stereocenters. The first-order chi connectivity index (χ1) is 10.2. The average molecular weight is 290 g/mol. The number of rotatable bonds is 3. The van der Waals surface area contributed by atoms with Gasteiger partial charge in [0.2, 0.25) is 0 Å². The van der Waals surface area contributed by atoms with E-state index in [0.717, 1.165) is 5.56 Å². The Morgan fingerprint density at radius 3 is 2.95 bits per heavy atom. The number of benzene rings is 1. The van der Waals surface area contributed by atoms with Gasteiger partial charge in [-0.1, -0.05) is 35.4 Å². The van der Waals surface area contributed by atoms with Gasteiger partial charge in [-0.2, -0.15) is 0 Å². The van der Waals surface area contributed by atoms with Crippen LogP contribution in [0.4, 0.5) is 4.79 Å². The van der Waals surface area contributed by atoms with Gasteiger partial charge in [-0.15, -0.1) is 0 Å². The van der Waals surface area contributed by atoms with Gasteiger partial charge in [0.1, 0.15) is 6.61 Å². The van der Waals surface area contributed by atoms with Crippen LogP contribution in [0.2, 0.25) is 0 Å². The summed E-state index contributed by atoms with van der Waals surface area (Å²) >= 11 is 0. The van der Waals surface area contributed by atoms with E-state index in [9.17, 15) is 9.90 Å². The van der Waals surface area contributed by atoms with Crippen LogP contribution in [0.5, 0.6) is 0 Å². The Morgan fingerprint density at radius 1 is 1.48 bits per heavy atom. The molecule has 21 heavy (non-hydrogen) atoms. The predicted molar refractivity (Wildman–Crippen MR) is 76.4 cm³/mol. The molecule has 0 bridgehead atoms. The molecule has 0 radical (unpaired) electrons. The molecule has 0 aromatic heterocycles. The molecule has 2 rings (SSSR count). The van der Waals surface area contributed by atoms with Crippen LogP contribution in [0.3, 0.4) is 0 Å². The second kappa shape index (κ2) is 7.52. The lowest BCUT2D eigenvalue weighted by Gasteiger charge is -2.22. The van der Waals surface area contributed by atoms with Crippen LogP contribution in [-0.2, 0) is 11.3 Å². The van der Waals surface area contributed by atoms with Crippen molar-refractivity contribution in [3.63, 3.8) is 0 Å². The van der Waals surface area contributed by atoms with Crippen LogP contribution >= 0.6 is 0 Å². The van der Waals surface area contributed by atoms with Crippen molar-refractivity contribution in [1.82, 2.24) is 4.90 Å². The number of hydrogen-bond acceptors (Lipinski definition) is 4. The molecule has 1 aromatic rings. The molecule has 7 heteroatoms. The maximum absolute atomic E-state index is 12.0. The molecule has 0 saturated carbocycles. The van der Waals surface area contributed by atoms with Gasteiger partial charge in [-0.3, -0.25) is 0 Å². The molecule has 2 atom stereocenters. The average Bonchev–Trinajstić information content (AvgIpc) is 2.69. The maximum atomic E-state index is 12.0. The molecular formula is C14H18N4O3. The fourth-order valence-electron chi connectivity index (χ4n) is 2.30. The van der Waals surface area contributed by atoms with Gasteiger partial charge in [0.25, 0.3) is 0 Å². The second-order valence-corrected chi connectivity index (χ2v) is 4.97. The number of carbonyl (C=O) groups excluding carboxylic acids is 1. The summed E-state index contributed by atoms with van der Waals surface area (Å²) in [5.41, 5.74) is 9.37. The van der Waals surface area contributed by atoms with Crippen LogP contribution in [0.1, 0.15) is 18.4 Å². The summed E-state index contributed by atoms with van der Waals surface area (Å²) in [6.45, 7) is 0.811. The van der Waals surface area contributed by atoms with Gasteiger partial charge in [-0.05, 0) is 23.9 Å². The molecule has 0 spiro atoms. The summed E-state index contributed by atoms with van der Waals surface area (Å²) in [7, 11) is 0. The Hall–Kier alpha value is -2.24. The fourth-order valence-corrected chi connectivity index (χ4v) is 2.30. The van der Waals surface area contributed by atoms with Crippen molar-refractivity contribution < 1.29 is 14.6 Å². The SMILES string of the molecule is [N-]=[N+]=N[C@@H]1CCCN(C(=O)OCc2ccccc2)C[C@H]1O. The number of likely N-dealkylation sites (tertiary alicyclic amines) is 1. The summed E-state index contributed by atoms with van der Waals surface area (Å²) in [6.07, 6.45) is -0.0818. The Labute approximate surface area is 122 Å². The number of ether oxygens (including phenoxy) is 1. The highest BCUT2D eigenvalue weighted by Gasteiger charge is 2.27. The highest BCUT2D eigenvalue weighted by Crippen LogP contribution is 2.16. The zero-order valence-electron chi connectivity index (χ0n) is 11.6. The number of nitrogens with zero attached hydrogens (tertiary/aromatic N) is 4. The molecule has 112 valence electrons. The van der Waals surface area contributed by atoms with Crippen molar-refractivity contribution in [2.24, 2.45) is 5.11 Å². The Balaban J connectivity index is 1.89. The van der Waals surface area contributed by atoms with E-state index in [1.165, 1.54) is 4.90 Å². The molecule has 1 aliphatic heterocycles. The predicted octanol–water partition coefficient (Wildman–Crippen LogP) is 2.46. The van der Waals surface area contributed by atoms with Crippen molar-refractivity contribution in [1.29, 1.82) is 0 Å². The first-order valence-corrected chi connectivity index (χ1v) is 6.88. The quantitative estimate of drug-likeness (QED) is 0.526. The lowest BCUT2D eigenvalue weighted by atomic mass is 10.1. The van der Waals surface area contributed by atoms with Gasteiger partial charge in [0, 0.05) is 11.5 Å². The van der Waals surface area contributed by atoms with E-state index in [0.29, 0.717) is 19.4 Å². The standard InChI is InChI=1S/C14H18N4O3/c15-17-16-12-7-4-8-18(9-13(12)19)14(20)21-10-11-5-2-1-3-6-11/h1-3,5-6,12-13,19H,4,7-10H2/t12-,13-/m1/s1. The summed E-state index contributed by atoms with van der Waals surface area (Å²) < 4.78 is 5.24. The highest BCUT2D eigenvalue weighted by atomic mass is 16.6. The summed E-state index contributed by atoms with van der Waals surface area (Å²) in [6, 6.07) is 8.92. The second-order valence-electron chi connectivity index (χ2n) is 4.97. The minimum absolute atomic E-state index is 0.122. The normalized spacial score (nSPS) is 22.0. The van der Waals surface area contributed by atoms with Crippen molar-refractivity contribution >= 4 is 6.09 Å². The van der Waals surface area contributed by atoms with E-state index in [4.69, 9.17) is 10.3 Å².